The van der Waals surface area contributed by atoms with E-state index in [0.29, 0.717) is 22.2 Å². The first-order valence-electron chi connectivity index (χ1n) is 8.81. The van der Waals surface area contributed by atoms with Gasteiger partial charge >= 0.3 is 0 Å². The molecule has 1 saturated heterocycles. The second-order valence-electron chi connectivity index (χ2n) is 6.63. The van der Waals surface area contributed by atoms with E-state index in [1.807, 2.05) is 18.2 Å². The molecule has 144 valence electrons. The normalized spacial score (nSPS) is 14.9. The van der Waals surface area contributed by atoms with Crippen LogP contribution in [0.4, 0.5) is 10.9 Å². The highest BCUT2D eigenvalue weighted by Crippen LogP contribution is 2.23. The second kappa shape index (κ2) is 8.45. The molecule has 0 atom stereocenters. The quantitative estimate of drug-likeness (QED) is 0.832. The summed E-state index contributed by atoms with van der Waals surface area (Å²) in [6, 6.07) is 5.88. The Bertz CT molecular complexity index is 799. The Kier molecular flexibility index (Phi) is 6.02. The second-order valence-corrected chi connectivity index (χ2v) is 7.63. The number of thiazole rings is 1. The molecule has 8 nitrogen and oxygen atoms in total. The fourth-order valence-electron chi connectivity index (χ4n) is 2.89. The van der Waals surface area contributed by atoms with E-state index < -0.39 is 0 Å². The number of hydrogen-bond acceptors (Lipinski definition) is 7. The first-order chi connectivity index (χ1) is 12.9. The molecule has 0 spiro atoms. The Hall–Kier alpha value is -2.52. The van der Waals surface area contributed by atoms with Crippen LogP contribution in [0.25, 0.3) is 0 Å². The van der Waals surface area contributed by atoms with Crippen LogP contribution in [0.3, 0.4) is 0 Å². The van der Waals surface area contributed by atoms with Crippen LogP contribution in [0.1, 0.15) is 15.4 Å². The number of anilines is 2. The molecule has 1 aliphatic rings. The molecule has 9 heteroatoms. The number of nitrogens with one attached hydrogen (secondary N) is 1. The molecule has 1 fully saturated rings. The molecule has 0 saturated carbocycles. The minimum absolute atomic E-state index is 0.101. The summed E-state index contributed by atoms with van der Waals surface area (Å²) in [4.78, 5) is 39.5. The number of hydrogen-bond donors (Lipinski definition) is 1. The van der Waals surface area contributed by atoms with E-state index in [1.165, 1.54) is 16.2 Å². The first-order valence-corrected chi connectivity index (χ1v) is 9.63. The van der Waals surface area contributed by atoms with Gasteiger partial charge in [-0.25, -0.2) is 9.97 Å². The van der Waals surface area contributed by atoms with E-state index in [4.69, 9.17) is 0 Å². The monoisotopic (exact) mass is 388 g/mol. The molecule has 0 radical (unpaired) electrons. The molecule has 2 amide bonds. The number of rotatable bonds is 5. The topological polar surface area (TPSA) is 81.7 Å². The highest BCUT2D eigenvalue weighted by atomic mass is 32.1. The van der Waals surface area contributed by atoms with Crippen LogP contribution >= 0.6 is 11.3 Å². The Balaban J connectivity index is 1.51. The lowest BCUT2D eigenvalue weighted by atomic mass is 10.3. The highest BCUT2D eigenvalue weighted by Gasteiger charge is 2.21. The standard InChI is InChI=1S/C18H24N6O2S/c1-13-16(17(26)22(2)3)27-18(20-13)21-15(25)12-23-8-10-24(11-9-23)14-6-4-5-7-19-14/h4-7H,8-12H2,1-3H3,(H,20,21,25). The number of pyridine rings is 1. The Labute approximate surface area is 162 Å². The van der Waals surface area contributed by atoms with Crippen molar-refractivity contribution in [3.63, 3.8) is 0 Å². The predicted octanol–water partition coefficient (Wildman–Crippen LogP) is 1.31. The van der Waals surface area contributed by atoms with Crippen LogP contribution in [-0.2, 0) is 4.79 Å². The van der Waals surface area contributed by atoms with Gasteiger partial charge in [-0.2, -0.15) is 0 Å². The van der Waals surface area contributed by atoms with E-state index >= 15 is 0 Å². The van der Waals surface area contributed by atoms with E-state index in [-0.39, 0.29) is 11.8 Å². The molecule has 3 rings (SSSR count). The minimum Gasteiger partial charge on any atom is -0.354 e. The zero-order chi connectivity index (χ0) is 19.4. The molecule has 0 aliphatic carbocycles. The third kappa shape index (κ3) is 4.81. The van der Waals surface area contributed by atoms with Crippen molar-refractivity contribution in [3.05, 3.63) is 35.0 Å². The lowest BCUT2D eigenvalue weighted by molar-refractivity contribution is -0.117. The van der Waals surface area contributed by atoms with Crippen molar-refractivity contribution < 1.29 is 9.59 Å². The van der Waals surface area contributed by atoms with Crippen molar-refractivity contribution in [3.8, 4) is 0 Å². The molecule has 0 aromatic carbocycles. The number of aromatic nitrogens is 2. The SMILES string of the molecule is Cc1nc(NC(=O)CN2CCN(c3ccccn3)CC2)sc1C(=O)N(C)C. The zero-order valence-electron chi connectivity index (χ0n) is 15.8. The molecule has 3 heterocycles. The number of carbonyl (C=O) groups is 2. The van der Waals surface area contributed by atoms with E-state index in [9.17, 15) is 9.59 Å². The summed E-state index contributed by atoms with van der Waals surface area (Å²) >= 11 is 1.21. The molecule has 0 bridgehead atoms. The average Bonchev–Trinajstić information content (AvgIpc) is 3.02. The molecule has 1 N–H and O–H groups in total. The van der Waals surface area contributed by atoms with E-state index in [1.54, 1.807) is 27.2 Å². The van der Waals surface area contributed by atoms with Crippen molar-refractivity contribution in [2.75, 3.05) is 57.0 Å². The van der Waals surface area contributed by atoms with Gasteiger partial charge in [-0.15, -0.1) is 0 Å². The first kappa shape index (κ1) is 19.2. The van der Waals surface area contributed by atoms with Crippen LogP contribution in [-0.4, -0.2) is 78.4 Å². The Morgan fingerprint density at radius 1 is 1.22 bits per heavy atom. The molecule has 27 heavy (non-hydrogen) atoms. The number of piperazine rings is 1. The van der Waals surface area contributed by atoms with E-state index in [2.05, 4.69) is 25.1 Å². The van der Waals surface area contributed by atoms with Crippen LogP contribution in [0.2, 0.25) is 0 Å². The fraction of sp³-hybridized carbons (Fsp3) is 0.444. The molecular formula is C18H24N6O2S. The van der Waals surface area contributed by atoms with Crippen LogP contribution in [0.5, 0.6) is 0 Å². The summed E-state index contributed by atoms with van der Waals surface area (Å²) < 4.78 is 0. The van der Waals surface area contributed by atoms with Gasteiger partial charge in [0, 0.05) is 46.5 Å². The van der Waals surface area contributed by atoms with Gasteiger partial charge in [-0.1, -0.05) is 17.4 Å². The number of aryl methyl sites for hydroxylation is 1. The summed E-state index contributed by atoms with van der Waals surface area (Å²) in [6.07, 6.45) is 1.79. The molecule has 1 aliphatic heterocycles. The van der Waals surface area contributed by atoms with E-state index in [0.717, 1.165) is 32.0 Å². The Morgan fingerprint density at radius 3 is 2.59 bits per heavy atom. The highest BCUT2D eigenvalue weighted by molar-refractivity contribution is 7.17. The van der Waals surface area contributed by atoms with Crippen LogP contribution < -0.4 is 10.2 Å². The summed E-state index contributed by atoms with van der Waals surface area (Å²) in [5.74, 6) is 0.757. The van der Waals surface area contributed by atoms with Gasteiger partial charge in [0.2, 0.25) is 5.91 Å². The molecular weight excluding hydrogens is 364 g/mol. The fourth-order valence-corrected chi connectivity index (χ4v) is 3.89. The maximum Gasteiger partial charge on any atom is 0.265 e. The number of carbonyl (C=O) groups excluding carboxylic acids is 2. The third-order valence-corrected chi connectivity index (χ3v) is 5.42. The predicted molar refractivity (Wildman–Crippen MR) is 106 cm³/mol. The van der Waals surface area contributed by atoms with Crippen LogP contribution in [0, 0.1) is 6.92 Å². The van der Waals surface area contributed by atoms with Gasteiger partial charge < -0.3 is 15.1 Å². The van der Waals surface area contributed by atoms with Crippen molar-refractivity contribution in [1.82, 2.24) is 19.8 Å². The Morgan fingerprint density at radius 2 is 1.96 bits per heavy atom. The summed E-state index contributed by atoms with van der Waals surface area (Å²) in [6.45, 7) is 5.35. The van der Waals surface area contributed by atoms with Crippen molar-refractivity contribution in [2.45, 2.75) is 6.92 Å². The molecule has 0 unspecified atom stereocenters. The van der Waals surface area contributed by atoms with Gasteiger partial charge in [0.15, 0.2) is 5.13 Å². The average molecular weight is 388 g/mol. The molecule has 2 aromatic heterocycles. The maximum atomic E-state index is 12.3. The van der Waals surface area contributed by atoms with Gasteiger partial charge in [-0.05, 0) is 19.1 Å². The van der Waals surface area contributed by atoms with Crippen molar-refractivity contribution in [2.24, 2.45) is 0 Å². The smallest absolute Gasteiger partial charge is 0.265 e. The summed E-state index contributed by atoms with van der Waals surface area (Å²) in [5.41, 5.74) is 0.637. The maximum absolute atomic E-state index is 12.3. The van der Waals surface area contributed by atoms with Gasteiger partial charge in [-0.3, -0.25) is 14.5 Å². The number of amides is 2. The van der Waals surface area contributed by atoms with Crippen LogP contribution in [0.15, 0.2) is 24.4 Å². The summed E-state index contributed by atoms with van der Waals surface area (Å²) in [5, 5.41) is 3.28. The largest absolute Gasteiger partial charge is 0.354 e. The van der Waals surface area contributed by atoms with Crippen molar-refractivity contribution >= 4 is 34.1 Å². The number of nitrogens with zero attached hydrogens (tertiary/aromatic N) is 5. The lowest BCUT2D eigenvalue weighted by Gasteiger charge is -2.34. The van der Waals surface area contributed by atoms with Gasteiger partial charge in [0.25, 0.3) is 5.91 Å². The summed E-state index contributed by atoms with van der Waals surface area (Å²) in [7, 11) is 3.40. The van der Waals surface area contributed by atoms with Crippen molar-refractivity contribution in [1.29, 1.82) is 0 Å². The molecule has 2 aromatic rings. The van der Waals surface area contributed by atoms with Gasteiger partial charge in [0.1, 0.15) is 10.7 Å². The lowest BCUT2D eigenvalue weighted by Crippen LogP contribution is -2.48. The van der Waals surface area contributed by atoms with Gasteiger partial charge in [0.05, 0.1) is 12.2 Å². The minimum atomic E-state index is -0.112. The zero-order valence-corrected chi connectivity index (χ0v) is 16.6. The third-order valence-electron chi connectivity index (χ3n) is 4.36.